The minimum Gasteiger partial charge on any atom is -0.350 e. The summed E-state index contributed by atoms with van der Waals surface area (Å²) in [7, 11) is 0. The molecule has 1 aliphatic rings. The smallest absolute Gasteiger partial charge is 0.220 e. The Kier molecular flexibility index (Phi) is 5.86. The first kappa shape index (κ1) is 15.3. The monoisotopic (exact) mass is 294 g/mol. The zero-order valence-electron chi connectivity index (χ0n) is 12.0. The maximum absolute atomic E-state index is 12.0. The molecule has 0 bridgehead atoms. The molecule has 20 heavy (non-hydrogen) atoms. The van der Waals surface area contributed by atoms with Crippen molar-refractivity contribution in [2.24, 2.45) is 5.92 Å². The van der Waals surface area contributed by atoms with Gasteiger partial charge in [0.05, 0.1) is 6.04 Å². The highest BCUT2D eigenvalue weighted by Gasteiger charge is 2.15. The molecular formula is C16H23ClN2O. The lowest BCUT2D eigenvalue weighted by molar-refractivity contribution is -0.122. The predicted molar refractivity (Wildman–Crippen MR) is 82.8 cm³/mol. The highest BCUT2D eigenvalue weighted by atomic mass is 35.5. The third kappa shape index (κ3) is 4.80. The van der Waals surface area contributed by atoms with E-state index in [4.69, 9.17) is 11.6 Å². The van der Waals surface area contributed by atoms with Gasteiger partial charge in [0.1, 0.15) is 0 Å². The van der Waals surface area contributed by atoms with E-state index in [2.05, 4.69) is 10.6 Å². The van der Waals surface area contributed by atoms with Crippen LogP contribution in [0.5, 0.6) is 0 Å². The first-order valence-electron chi connectivity index (χ1n) is 7.40. The number of benzene rings is 1. The van der Waals surface area contributed by atoms with Crippen molar-refractivity contribution in [3.63, 3.8) is 0 Å². The van der Waals surface area contributed by atoms with Gasteiger partial charge >= 0.3 is 0 Å². The molecule has 110 valence electrons. The summed E-state index contributed by atoms with van der Waals surface area (Å²) in [6.45, 7) is 4.19. The fourth-order valence-electron chi connectivity index (χ4n) is 2.65. The summed E-state index contributed by atoms with van der Waals surface area (Å²) in [6, 6.07) is 7.66. The van der Waals surface area contributed by atoms with E-state index >= 15 is 0 Å². The first-order chi connectivity index (χ1) is 9.65. The fourth-order valence-corrected chi connectivity index (χ4v) is 2.78. The highest BCUT2D eigenvalue weighted by molar-refractivity contribution is 6.30. The van der Waals surface area contributed by atoms with Gasteiger partial charge in [0, 0.05) is 11.4 Å². The molecule has 1 aromatic rings. The lowest BCUT2D eigenvalue weighted by Gasteiger charge is -2.22. The van der Waals surface area contributed by atoms with E-state index in [9.17, 15) is 4.79 Å². The van der Waals surface area contributed by atoms with Crippen LogP contribution in [0.2, 0.25) is 5.02 Å². The maximum atomic E-state index is 12.0. The summed E-state index contributed by atoms with van der Waals surface area (Å²) in [5.41, 5.74) is 1.09. The van der Waals surface area contributed by atoms with Crippen molar-refractivity contribution < 1.29 is 4.79 Å². The molecule has 4 heteroatoms. The average molecular weight is 295 g/mol. The molecule has 3 nitrogen and oxygen atoms in total. The van der Waals surface area contributed by atoms with Crippen LogP contribution in [-0.2, 0) is 4.79 Å². The number of hydrogen-bond donors (Lipinski definition) is 2. The molecule has 0 radical (unpaired) electrons. The SMILES string of the molecule is C[C@@H](NC(=O)CCC1CCNCC1)c1ccc(Cl)cc1. The van der Waals surface area contributed by atoms with E-state index < -0.39 is 0 Å². The lowest BCUT2D eigenvalue weighted by atomic mass is 9.93. The van der Waals surface area contributed by atoms with Gasteiger partial charge < -0.3 is 10.6 Å². The number of carbonyl (C=O) groups excluding carboxylic acids is 1. The number of carbonyl (C=O) groups is 1. The van der Waals surface area contributed by atoms with E-state index in [1.54, 1.807) is 0 Å². The van der Waals surface area contributed by atoms with Crippen molar-refractivity contribution in [3.05, 3.63) is 34.9 Å². The Bertz CT molecular complexity index is 427. The summed E-state index contributed by atoms with van der Waals surface area (Å²) >= 11 is 5.87. The van der Waals surface area contributed by atoms with Crippen LogP contribution in [0.25, 0.3) is 0 Å². The second-order valence-electron chi connectivity index (χ2n) is 5.57. The normalized spacial score (nSPS) is 17.7. The number of nitrogens with one attached hydrogen (secondary N) is 2. The molecule has 1 saturated heterocycles. The molecule has 1 aromatic carbocycles. The first-order valence-corrected chi connectivity index (χ1v) is 7.78. The molecule has 0 aliphatic carbocycles. The predicted octanol–water partition coefficient (Wildman–Crippen LogP) is 3.30. The molecule has 2 rings (SSSR count). The van der Waals surface area contributed by atoms with Crippen molar-refractivity contribution in [1.82, 2.24) is 10.6 Å². The van der Waals surface area contributed by atoms with Crippen LogP contribution < -0.4 is 10.6 Å². The van der Waals surface area contributed by atoms with Crippen LogP contribution in [-0.4, -0.2) is 19.0 Å². The van der Waals surface area contributed by atoms with Crippen LogP contribution in [0.3, 0.4) is 0 Å². The van der Waals surface area contributed by atoms with Gasteiger partial charge in [0.2, 0.25) is 5.91 Å². The van der Waals surface area contributed by atoms with E-state index in [0.29, 0.717) is 12.3 Å². The number of amides is 1. The average Bonchev–Trinajstić information content (AvgIpc) is 2.47. The quantitative estimate of drug-likeness (QED) is 0.875. The van der Waals surface area contributed by atoms with Gasteiger partial charge in [0.25, 0.3) is 0 Å². The Hall–Kier alpha value is -1.06. The summed E-state index contributed by atoms with van der Waals surface area (Å²) in [4.78, 5) is 12.0. The summed E-state index contributed by atoms with van der Waals surface area (Å²) in [6.07, 6.45) is 4.02. The van der Waals surface area contributed by atoms with Crippen LogP contribution in [0, 0.1) is 5.92 Å². The summed E-state index contributed by atoms with van der Waals surface area (Å²) in [5.74, 6) is 0.846. The fraction of sp³-hybridized carbons (Fsp3) is 0.562. The highest BCUT2D eigenvalue weighted by Crippen LogP contribution is 2.19. The number of hydrogen-bond acceptors (Lipinski definition) is 2. The van der Waals surface area contributed by atoms with Crippen molar-refractivity contribution in [1.29, 1.82) is 0 Å². The van der Waals surface area contributed by atoms with E-state index in [1.807, 2.05) is 31.2 Å². The molecule has 0 unspecified atom stereocenters. The Morgan fingerprint density at radius 1 is 1.35 bits per heavy atom. The standard InChI is InChI=1S/C16H23ClN2O/c1-12(14-3-5-15(17)6-4-14)19-16(20)7-2-13-8-10-18-11-9-13/h3-6,12-13,18H,2,7-11H2,1H3,(H,19,20)/t12-/m1/s1. The zero-order chi connectivity index (χ0) is 14.4. The Morgan fingerprint density at radius 3 is 2.65 bits per heavy atom. The molecule has 1 atom stereocenters. The summed E-state index contributed by atoms with van der Waals surface area (Å²) < 4.78 is 0. The van der Waals surface area contributed by atoms with E-state index in [1.165, 1.54) is 12.8 Å². The van der Waals surface area contributed by atoms with Crippen LogP contribution in [0.1, 0.15) is 44.2 Å². The van der Waals surface area contributed by atoms with E-state index in [-0.39, 0.29) is 11.9 Å². The Labute approximate surface area is 126 Å². The van der Waals surface area contributed by atoms with Gasteiger partial charge in [0.15, 0.2) is 0 Å². The van der Waals surface area contributed by atoms with E-state index in [0.717, 1.165) is 30.1 Å². The Morgan fingerprint density at radius 2 is 2.00 bits per heavy atom. The molecule has 1 heterocycles. The lowest BCUT2D eigenvalue weighted by Crippen LogP contribution is -2.30. The van der Waals surface area contributed by atoms with Gasteiger partial charge in [-0.25, -0.2) is 0 Å². The van der Waals surface area contributed by atoms with Crippen LogP contribution in [0.4, 0.5) is 0 Å². The largest absolute Gasteiger partial charge is 0.350 e. The molecule has 0 aromatic heterocycles. The van der Waals surface area contributed by atoms with Gasteiger partial charge in [-0.05, 0) is 62.9 Å². The molecule has 0 saturated carbocycles. The number of halogens is 1. The van der Waals surface area contributed by atoms with Crippen molar-refractivity contribution >= 4 is 17.5 Å². The Balaban J connectivity index is 1.74. The second kappa shape index (κ2) is 7.65. The second-order valence-corrected chi connectivity index (χ2v) is 6.01. The van der Waals surface area contributed by atoms with Crippen molar-refractivity contribution in [2.45, 2.75) is 38.6 Å². The minimum atomic E-state index is 0.0350. The molecule has 0 spiro atoms. The van der Waals surface area contributed by atoms with Crippen LogP contribution in [0.15, 0.2) is 24.3 Å². The van der Waals surface area contributed by atoms with Gasteiger partial charge in [-0.2, -0.15) is 0 Å². The molecule has 1 amide bonds. The minimum absolute atomic E-state index is 0.0350. The van der Waals surface area contributed by atoms with Crippen LogP contribution >= 0.6 is 11.6 Å². The molecule has 1 fully saturated rings. The summed E-state index contributed by atoms with van der Waals surface area (Å²) in [5, 5.41) is 7.13. The van der Waals surface area contributed by atoms with Crippen molar-refractivity contribution in [2.75, 3.05) is 13.1 Å². The molecule has 2 N–H and O–H groups in total. The van der Waals surface area contributed by atoms with Gasteiger partial charge in [-0.1, -0.05) is 23.7 Å². The topological polar surface area (TPSA) is 41.1 Å². The third-order valence-electron chi connectivity index (χ3n) is 3.99. The number of rotatable bonds is 5. The van der Waals surface area contributed by atoms with Crippen molar-refractivity contribution in [3.8, 4) is 0 Å². The van der Waals surface area contributed by atoms with Gasteiger partial charge in [-0.15, -0.1) is 0 Å². The van der Waals surface area contributed by atoms with Gasteiger partial charge in [-0.3, -0.25) is 4.79 Å². The zero-order valence-corrected chi connectivity index (χ0v) is 12.7. The molecular weight excluding hydrogens is 272 g/mol. The third-order valence-corrected chi connectivity index (χ3v) is 4.24. The number of piperidine rings is 1. The molecule has 1 aliphatic heterocycles. The maximum Gasteiger partial charge on any atom is 0.220 e.